The third-order valence-electron chi connectivity index (χ3n) is 7.95. The number of amides is 1. The normalized spacial score (nSPS) is 33.5. The Bertz CT molecular complexity index is 1440. The molecule has 2 heterocycles. The first-order valence-electron chi connectivity index (χ1n) is 14.2. The van der Waals surface area contributed by atoms with Crippen molar-refractivity contribution in [3.8, 4) is 17.2 Å². The van der Waals surface area contributed by atoms with E-state index >= 15 is 0 Å². The second kappa shape index (κ2) is 14.0. The van der Waals surface area contributed by atoms with Gasteiger partial charge in [-0.15, -0.1) is 0 Å². The maximum Gasteiger partial charge on any atom is 0.247 e. The molecule has 14 heteroatoms. The Morgan fingerprint density at radius 3 is 2.49 bits per heavy atom. The van der Waals surface area contributed by atoms with Gasteiger partial charge in [0, 0.05) is 10.6 Å². The van der Waals surface area contributed by atoms with Gasteiger partial charge in [-0.3, -0.25) is 4.79 Å². The van der Waals surface area contributed by atoms with Crippen LogP contribution in [0.3, 0.4) is 0 Å². The Balaban J connectivity index is 1.18. The summed E-state index contributed by atoms with van der Waals surface area (Å²) in [5, 5.41) is 55.4. The molecular weight excluding hydrogens is 617 g/mol. The molecule has 2 aromatic carbocycles. The van der Waals surface area contributed by atoms with E-state index in [0.29, 0.717) is 21.9 Å². The summed E-state index contributed by atoms with van der Waals surface area (Å²) in [5.74, 6) is -0.596. The predicted molar refractivity (Wildman–Crippen MR) is 157 cm³/mol. The summed E-state index contributed by atoms with van der Waals surface area (Å²) in [6.07, 6.45) is -8.94. The highest BCUT2D eigenvalue weighted by Gasteiger charge is 2.53. The first kappa shape index (κ1) is 33.1. The molecule has 0 unspecified atom stereocenters. The maximum absolute atomic E-state index is 14.9. The number of alkyl halides is 1. The summed E-state index contributed by atoms with van der Waals surface area (Å²) in [7, 11) is 0. The van der Waals surface area contributed by atoms with E-state index in [1.165, 1.54) is 31.2 Å². The third kappa shape index (κ3) is 7.26. The van der Waals surface area contributed by atoms with Gasteiger partial charge in [0.1, 0.15) is 61.9 Å². The fourth-order valence-corrected chi connectivity index (χ4v) is 5.61. The highest BCUT2D eigenvalue weighted by molar-refractivity contribution is 6.30. The lowest BCUT2D eigenvalue weighted by molar-refractivity contribution is -0.155. The van der Waals surface area contributed by atoms with Gasteiger partial charge < -0.3 is 54.5 Å². The summed E-state index contributed by atoms with van der Waals surface area (Å²) < 4.78 is 42.2. The molecule has 1 aliphatic carbocycles. The van der Waals surface area contributed by atoms with Crippen LogP contribution in [0.4, 0.5) is 4.39 Å². The average molecular weight is 652 g/mol. The molecular formula is C31H35ClFNO11. The first-order chi connectivity index (χ1) is 21.4. The molecule has 3 aliphatic rings. The second-order valence-corrected chi connectivity index (χ2v) is 11.5. The van der Waals surface area contributed by atoms with Crippen molar-refractivity contribution in [2.24, 2.45) is 0 Å². The Hall–Kier alpha value is -3.27. The zero-order valence-electron chi connectivity index (χ0n) is 24.3. The number of fused-ring (bicyclic) bond motifs is 1. The number of aliphatic hydroxyl groups excluding tert-OH is 4. The third-order valence-corrected chi connectivity index (χ3v) is 8.18. The summed E-state index contributed by atoms with van der Waals surface area (Å²) in [5.41, 5.74) is 1.05. The van der Waals surface area contributed by atoms with Gasteiger partial charge in [0.2, 0.25) is 12.2 Å². The van der Waals surface area contributed by atoms with Gasteiger partial charge in [-0.25, -0.2) is 4.39 Å². The fourth-order valence-electron chi connectivity index (χ4n) is 5.43. The highest BCUT2D eigenvalue weighted by Crippen LogP contribution is 2.35. The Kier molecular flexibility index (Phi) is 10.3. The number of hydrogen-bond acceptors (Lipinski definition) is 11. The molecule has 244 valence electrons. The molecule has 5 rings (SSSR count). The molecule has 1 saturated carbocycles. The largest absolute Gasteiger partial charge is 0.504 e. The Morgan fingerprint density at radius 2 is 1.78 bits per heavy atom. The van der Waals surface area contributed by atoms with Crippen molar-refractivity contribution in [1.29, 1.82) is 0 Å². The van der Waals surface area contributed by atoms with Gasteiger partial charge in [0.05, 0.1) is 6.04 Å². The number of carbonyl (C=O) groups is 1. The van der Waals surface area contributed by atoms with Crippen LogP contribution in [-0.4, -0.2) is 106 Å². The van der Waals surface area contributed by atoms with Crippen molar-refractivity contribution < 1.29 is 58.4 Å². The molecule has 2 aliphatic heterocycles. The molecule has 6 N–H and O–H groups in total. The molecule has 0 spiro atoms. The van der Waals surface area contributed by atoms with Gasteiger partial charge in [-0.2, -0.15) is 0 Å². The molecule has 12 nitrogen and oxygen atoms in total. The van der Waals surface area contributed by atoms with Crippen molar-refractivity contribution in [3.05, 3.63) is 70.3 Å². The van der Waals surface area contributed by atoms with Gasteiger partial charge in [0.15, 0.2) is 17.7 Å². The van der Waals surface area contributed by atoms with Crippen molar-refractivity contribution in [3.63, 3.8) is 0 Å². The van der Waals surface area contributed by atoms with Crippen molar-refractivity contribution in [2.45, 2.75) is 75.1 Å². The Morgan fingerprint density at radius 1 is 1.04 bits per heavy atom. The van der Waals surface area contributed by atoms with Crippen LogP contribution in [0, 0.1) is 0 Å². The van der Waals surface area contributed by atoms with Crippen LogP contribution >= 0.6 is 11.6 Å². The molecule has 2 saturated heterocycles. The first-order valence-corrected chi connectivity index (χ1v) is 14.6. The summed E-state index contributed by atoms with van der Waals surface area (Å²) >= 11 is 5.95. The smallest absolute Gasteiger partial charge is 0.247 e. The minimum absolute atomic E-state index is 0.114. The second-order valence-electron chi connectivity index (χ2n) is 11.1. The maximum atomic E-state index is 14.9. The van der Waals surface area contributed by atoms with Crippen molar-refractivity contribution in [2.75, 3.05) is 13.4 Å². The summed E-state index contributed by atoms with van der Waals surface area (Å²) in [4.78, 5) is 12.8. The van der Waals surface area contributed by atoms with E-state index in [9.17, 15) is 34.7 Å². The van der Waals surface area contributed by atoms with Crippen LogP contribution < -0.4 is 14.8 Å². The SMILES string of the molecule is C/C(=C/COc1cccc(Cl)c1)[C@H]1O[C@@H](Oc2ccc(/C=C(\C)C(=O)N[C@@H]3[C@H](O)[C@@H](O)[C@H]4OCO[C@H]4[C@@H]3O)cc2O)[C@@H](F)[C@@H]1O. The summed E-state index contributed by atoms with van der Waals surface area (Å²) in [6.45, 7) is 3.11. The number of rotatable bonds is 9. The molecule has 3 fully saturated rings. The molecule has 1 amide bonds. The standard InChI is InChI=1S/C31H35ClFNO11/c1-14(8-9-41-18-5-3-4-17(32)12-18)27-23(36)21(33)31(45-27)44-20-7-6-16(11-19(20)35)10-15(2)30(40)34-22-24(37)26(39)29-28(25(22)38)42-13-43-29/h3-8,10-12,21-29,31,35-39H,9,13H2,1-2H3,(H,34,40)/b14-8-,15-10+/t21-,22+,23-,24-,25+,26+,27+,28-,29+,31+/m0/s1. The number of phenolic OH excluding ortho intramolecular Hbond substituents is 1. The lowest BCUT2D eigenvalue weighted by Crippen LogP contribution is -2.67. The average Bonchev–Trinajstić information content (AvgIpc) is 3.61. The zero-order valence-corrected chi connectivity index (χ0v) is 25.1. The predicted octanol–water partition coefficient (Wildman–Crippen LogP) is 1.60. The van der Waals surface area contributed by atoms with Gasteiger partial charge >= 0.3 is 0 Å². The highest BCUT2D eigenvalue weighted by atomic mass is 35.5. The number of ether oxygens (including phenoxy) is 5. The monoisotopic (exact) mass is 651 g/mol. The number of phenols is 1. The topological polar surface area (TPSA) is 176 Å². The lowest BCUT2D eigenvalue weighted by atomic mass is 9.83. The van der Waals surface area contributed by atoms with E-state index in [1.54, 1.807) is 37.3 Å². The number of halogens is 2. The number of aromatic hydroxyl groups is 1. The van der Waals surface area contributed by atoms with E-state index in [0.717, 1.165) is 0 Å². The van der Waals surface area contributed by atoms with Crippen LogP contribution in [0.2, 0.25) is 5.02 Å². The molecule has 45 heavy (non-hydrogen) atoms. The number of hydrogen-bond donors (Lipinski definition) is 6. The minimum Gasteiger partial charge on any atom is -0.504 e. The van der Waals surface area contributed by atoms with Gasteiger partial charge in [-0.1, -0.05) is 23.7 Å². The van der Waals surface area contributed by atoms with E-state index in [-0.39, 0.29) is 30.5 Å². The molecule has 0 bridgehead atoms. The number of benzene rings is 2. The quantitative estimate of drug-likeness (QED) is 0.172. The number of carbonyl (C=O) groups excluding carboxylic acids is 1. The van der Waals surface area contributed by atoms with Crippen LogP contribution in [0.15, 0.2) is 59.7 Å². The molecule has 2 aromatic rings. The fraction of sp³-hybridized carbons (Fsp3) is 0.452. The summed E-state index contributed by atoms with van der Waals surface area (Å²) in [6, 6.07) is 9.74. The lowest BCUT2D eigenvalue weighted by Gasteiger charge is -2.41. The molecule has 10 atom stereocenters. The molecule has 0 aromatic heterocycles. The van der Waals surface area contributed by atoms with Crippen LogP contribution in [-0.2, 0) is 19.0 Å². The number of aliphatic hydroxyl groups is 4. The van der Waals surface area contributed by atoms with E-state index in [1.807, 2.05) is 0 Å². The zero-order chi connectivity index (χ0) is 32.4. The van der Waals surface area contributed by atoms with Gasteiger partial charge in [-0.05, 0) is 67.5 Å². The van der Waals surface area contributed by atoms with Crippen molar-refractivity contribution in [1.82, 2.24) is 5.32 Å². The van der Waals surface area contributed by atoms with E-state index in [4.69, 9.17) is 35.3 Å². The Labute approximate surface area is 263 Å². The minimum atomic E-state index is -1.92. The van der Waals surface area contributed by atoms with E-state index in [2.05, 4.69) is 5.32 Å². The van der Waals surface area contributed by atoms with E-state index < -0.39 is 67.1 Å². The molecule has 0 radical (unpaired) electrons. The van der Waals surface area contributed by atoms with Crippen LogP contribution in [0.25, 0.3) is 6.08 Å². The van der Waals surface area contributed by atoms with Crippen LogP contribution in [0.1, 0.15) is 19.4 Å². The number of nitrogens with one attached hydrogen (secondary N) is 1. The van der Waals surface area contributed by atoms with Crippen molar-refractivity contribution >= 4 is 23.6 Å². The van der Waals surface area contributed by atoms with Gasteiger partial charge in [0.25, 0.3) is 0 Å². The van der Waals surface area contributed by atoms with Crippen LogP contribution in [0.5, 0.6) is 17.2 Å².